The van der Waals surface area contributed by atoms with Crippen LogP contribution in [-0.4, -0.2) is 53.1 Å². The van der Waals surface area contributed by atoms with E-state index in [-0.39, 0.29) is 24.9 Å². The van der Waals surface area contributed by atoms with E-state index in [1.165, 1.54) is 4.90 Å². The Bertz CT molecular complexity index is 357. The van der Waals surface area contributed by atoms with Gasteiger partial charge in [-0.25, -0.2) is 9.59 Å². The van der Waals surface area contributed by atoms with Gasteiger partial charge in [0.15, 0.2) is 0 Å². The van der Waals surface area contributed by atoms with Gasteiger partial charge in [0, 0.05) is 25.6 Å². The number of carboxylic acids is 1. The van der Waals surface area contributed by atoms with Crippen LogP contribution in [0.2, 0.25) is 0 Å². The monoisotopic (exact) mass is 271 g/mol. The minimum absolute atomic E-state index is 0.0678. The number of carbonyl (C=O) groups is 3. The van der Waals surface area contributed by atoms with E-state index in [0.29, 0.717) is 19.4 Å². The smallest absolute Gasteiger partial charge is 0.326 e. The summed E-state index contributed by atoms with van der Waals surface area (Å²) in [6.07, 6.45) is 1.37. The maximum absolute atomic E-state index is 11.8. The van der Waals surface area contributed by atoms with Crippen LogP contribution in [0.3, 0.4) is 0 Å². The quantitative estimate of drug-likeness (QED) is 0.663. The molecule has 0 aromatic heterocycles. The Labute approximate surface area is 112 Å². The predicted molar refractivity (Wildman–Crippen MR) is 68.7 cm³/mol. The standard InChI is InChI=1S/C12H21N3O4/c1-8(2)14-10(16)5-6-13-12(19)15-7-3-4-9(15)11(17)18/h8-9H,3-7H2,1-2H3,(H,13,19)(H,14,16)(H,17,18)/t9-/m1/s1. The van der Waals surface area contributed by atoms with E-state index in [4.69, 9.17) is 5.11 Å². The van der Waals surface area contributed by atoms with Crippen LogP contribution < -0.4 is 10.6 Å². The lowest BCUT2D eigenvalue weighted by molar-refractivity contribution is -0.141. The number of carboxylic acid groups (broad SMARTS) is 1. The summed E-state index contributed by atoms with van der Waals surface area (Å²) in [5.74, 6) is -1.11. The van der Waals surface area contributed by atoms with Crippen molar-refractivity contribution >= 4 is 17.9 Å². The highest BCUT2D eigenvalue weighted by Crippen LogP contribution is 2.17. The number of rotatable bonds is 5. The lowest BCUT2D eigenvalue weighted by Crippen LogP contribution is -2.46. The average molecular weight is 271 g/mol. The minimum atomic E-state index is -0.981. The second-order valence-electron chi connectivity index (χ2n) is 4.89. The zero-order valence-corrected chi connectivity index (χ0v) is 11.3. The fourth-order valence-electron chi connectivity index (χ4n) is 2.05. The molecule has 1 atom stereocenters. The van der Waals surface area contributed by atoms with Crippen molar-refractivity contribution in [2.75, 3.05) is 13.1 Å². The number of nitrogens with one attached hydrogen (secondary N) is 2. The topological polar surface area (TPSA) is 98.7 Å². The number of nitrogens with zero attached hydrogens (tertiary/aromatic N) is 1. The van der Waals surface area contributed by atoms with Crippen LogP contribution in [0.4, 0.5) is 4.79 Å². The Balaban J connectivity index is 2.31. The summed E-state index contributed by atoms with van der Waals surface area (Å²) in [5, 5.41) is 14.3. The van der Waals surface area contributed by atoms with Crippen LogP contribution in [0.1, 0.15) is 33.1 Å². The molecule has 19 heavy (non-hydrogen) atoms. The molecule has 0 radical (unpaired) electrons. The Morgan fingerprint density at radius 3 is 2.63 bits per heavy atom. The molecule has 7 nitrogen and oxygen atoms in total. The normalized spacial score (nSPS) is 18.5. The van der Waals surface area contributed by atoms with E-state index >= 15 is 0 Å². The number of hydrogen-bond donors (Lipinski definition) is 3. The van der Waals surface area contributed by atoms with E-state index in [0.717, 1.165) is 0 Å². The van der Waals surface area contributed by atoms with Crippen LogP contribution in [-0.2, 0) is 9.59 Å². The summed E-state index contributed by atoms with van der Waals surface area (Å²) in [7, 11) is 0. The lowest BCUT2D eigenvalue weighted by atomic mass is 10.2. The van der Waals surface area contributed by atoms with E-state index in [2.05, 4.69) is 10.6 Å². The number of urea groups is 1. The molecule has 1 rings (SSSR count). The predicted octanol–water partition coefficient (Wildman–Crippen LogP) is 0.160. The van der Waals surface area contributed by atoms with Gasteiger partial charge in [0.25, 0.3) is 0 Å². The van der Waals surface area contributed by atoms with E-state index in [1.807, 2.05) is 13.8 Å². The maximum Gasteiger partial charge on any atom is 0.326 e. The van der Waals surface area contributed by atoms with Crippen molar-refractivity contribution in [3.05, 3.63) is 0 Å². The highest BCUT2D eigenvalue weighted by atomic mass is 16.4. The van der Waals surface area contributed by atoms with Crippen molar-refractivity contribution in [3.8, 4) is 0 Å². The highest BCUT2D eigenvalue weighted by molar-refractivity contribution is 5.83. The first-order chi connectivity index (χ1) is 8.91. The van der Waals surface area contributed by atoms with Crippen molar-refractivity contribution in [2.45, 2.75) is 45.2 Å². The molecule has 0 saturated carbocycles. The second-order valence-corrected chi connectivity index (χ2v) is 4.89. The van der Waals surface area contributed by atoms with Crippen molar-refractivity contribution in [3.63, 3.8) is 0 Å². The molecule has 1 aliphatic rings. The number of hydrogen-bond acceptors (Lipinski definition) is 3. The summed E-state index contributed by atoms with van der Waals surface area (Å²) in [6, 6.07) is -1.09. The molecule has 0 aromatic rings. The van der Waals surface area contributed by atoms with Gasteiger partial charge in [0.2, 0.25) is 5.91 Å². The van der Waals surface area contributed by atoms with Crippen LogP contribution in [0.15, 0.2) is 0 Å². The number of aliphatic carboxylic acids is 1. The van der Waals surface area contributed by atoms with Gasteiger partial charge < -0.3 is 20.6 Å². The van der Waals surface area contributed by atoms with Crippen molar-refractivity contribution in [1.82, 2.24) is 15.5 Å². The highest BCUT2D eigenvalue weighted by Gasteiger charge is 2.33. The van der Waals surface area contributed by atoms with Crippen LogP contribution in [0.25, 0.3) is 0 Å². The molecular weight excluding hydrogens is 250 g/mol. The molecule has 0 unspecified atom stereocenters. The van der Waals surface area contributed by atoms with Gasteiger partial charge in [-0.3, -0.25) is 4.79 Å². The molecule has 108 valence electrons. The third-order valence-electron chi connectivity index (χ3n) is 2.88. The molecule has 1 fully saturated rings. The van der Waals surface area contributed by atoms with E-state index < -0.39 is 18.0 Å². The lowest BCUT2D eigenvalue weighted by Gasteiger charge is -2.21. The summed E-state index contributed by atoms with van der Waals surface area (Å²) in [4.78, 5) is 35.4. The van der Waals surface area contributed by atoms with Gasteiger partial charge in [-0.2, -0.15) is 0 Å². The van der Waals surface area contributed by atoms with E-state index in [1.54, 1.807) is 0 Å². The molecule has 7 heteroatoms. The second kappa shape index (κ2) is 6.96. The van der Waals surface area contributed by atoms with Gasteiger partial charge in [-0.15, -0.1) is 0 Å². The SMILES string of the molecule is CC(C)NC(=O)CCNC(=O)N1CCC[C@@H]1C(=O)O. The fraction of sp³-hybridized carbons (Fsp3) is 0.750. The number of likely N-dealkylation sites (tertiary alicyclic amines) is 1. The first kappa shape index (κ1) is 15.3. The molecule has 0 aromatic carbocycles. The third-order valence-corrected chi connectivity index (χ3v) is 2.88. The maximum atomic E-state index is 11.8. The van der Waals surface area contributed by atoms with Crippen molar-refractivity contribution < 1.29 is 19.5 Å². The first-order valence-corrected chi connectivity index (χ1v) is 6.48. The number of carbonyl (C=O) groups excluding carboxylic acids is 2. The molecule has 0 bridgehead atoms. The molecular formula is C12H21N3O4. The largest absolute Gasteiger partial charge is 0.480 e. The summed E-state index contributed by atoms with van der Waals surface area (Å²) < 4.78 is 0. The summed E-state index contributed by atoms with van der Waals surface area (Å²) in [5.41, 5.74) is 0. The summed E-state index contributed by atoms with van der Waals surface area (Å²) >= 11 is 0. The molecule has 1 aliphatic heterocycles. The van der Waals surface area contributed by atoms with E-state index in [9.17, 15) is 14.4 Å². The Hall–Kier alpha value is -1.79. The summed E-state index contributed by atoms with van der Waals surface area (Å²) in [6.45, 7) is 4.37. The van der Waals surface area contributed by atoms with Crippen LogP contribution in [0.5, 0.6) is 0 Å². The zero-order chi connectivity index (χ0) is 14.4. The van der Waals surface area contributed by atoms with Crippen LogP contribution in [0, 0.1) is 0 Å². The average Bonchev–Trinajstić information content (AvgIpc) is 2.76. The number of amides is 3. The minimum Gasteiger partial charge on any atom is -0.480 e. The van der Waals surface area contributed by atoms with Crippen molar-refractivity contribution in [1.29, 1.82) is 0 Å². The molecule has 0 spiro atoms. The third kappa shape index (κ3) is 4.76. The van der Waals surface area contributed by atoms with Gasteiger partial charge in [-0.1, -0.05) is 0 Å². The van der Waals surface area contributed by atoms with Crippen molar-refractivity contribution in [2.24, 2.45) is 0 Å². The Morgan fingerprint density at radius 2 is 2.05 bits per heavy atom. The Kier molecular flexibility index (Phi) is 5.59. The molecule has 1 heterocycles. The van der Waals surface area contributed by atoms with Gasteiger partial charge in [0.05, 0.1) is 0 Å². The van der Waals surface area contributed by atoms with Crippen LogP contribution >= 0.6 is 0 Å². The molecule has 1 saturated heterocycles. The first-order valence-electron chi connectivity index (χ1n) is 6.48. The van der Waals surface area contributed by atoms with Gasteiger partial charge in [0.1, 0.15) is 6.04 Å². The zero-order valence-electron chi connectivity index (χ0n) is 11.3. The Morgan fingerprint density at radius 1 is 1.37 bits per heavy atom. The van der Waals surface area contributed by atoms with Gasteiger partial charge in [-0.05, 0) is 26.7 Å². The molecule has 3 N–H and O–H groups in total. The molecule has 3 amide bonds. The molecule has 0 aliphatic carbocycles. The fourth-order valence-corrected chi connectivity index (χ4v) is 2.05. The van der Waals surface area contributed by atoms with Gasteiger partial charge >= 0.3 is 12.0 Å².